The van der Waals surface area contributed by atoms with Gasteiger partial charge < -0.3 is 10.1 Å². The van der Waals surface area contributed by atoms with Gasteiger partial charge in [-0.1, -0.05) is 13.0 Å². The summed E-state index contributed by atoms with van der Waals surface area (Å²) in [4.78, 5) is 0. The number of rotatable bonds is 6. The van der Waals surface area contributed by atoms with Crippen LogP contribution in [0.1, 0.15) is 29.4 Å². The van der Waals surface area contributed by atoms with E-state index in [1.54, 1.807) is 6.07 Å². The normalized spacial score (nSPS) is 10.9. The van der Waals surface area contributed by atoms with Crippen LogP contribution in [0.5, 0.6) is 5.75 Å². The van der Waals surface area contributed by atoms with Crippen molar-refractivity contribution >= 4 is 0 Å². The van der Waals surface area contributed by atoms with Gasteiger partial charge >= 0.3 is 0 Å². The van der Waals surface area contributed by atoms with E-state index in [2.05, 4.69) is 17.3 Å². The lowest BCUT2D eigenvalue weighted by Gasteiger charge is -2.08. The predicted octanol–water partition coefficient (Wildman–Crippen LogP) is 2.81. The molecular weight excluding hydrogens is 269 g/mol. The Bertz CT molecular complexity index is 622. The van der Waals surface area contributed by atoms with Gasteiger partial charge in [-0.25, -0.2) is 4.39 Å². The second kappa shape index (κ2) is 6.72. The van der Waals surface area contributed by atoms with Gasteiger partial charge in [-0.3, -0.25) is 4.68 Å². The number of hydrogen-bond donors (Lipinski definition) is 1. The molecule has 1 aromatic heterocycles. The monoisotopic (exact) mass is 291 g/mol. The molecule has 2 aromatic rings. The summed E-state index contributed by atoms with van der Waals surface area (Å²) < 4.78 is 20.6. The fourth-order valence-electron chi connectivity index (χ4n) is 2.37. The van der Waals surface area contributed by atoms with Crippen LogP contribution >= 0.6 is 0 Å². The molecular formula is C16H22FN3O. The fourth-order valence-corrected chi connectivity index (χ4v) is 2.37. The summed E-state index contributed by atoms with van der Waals surface area (Å²) in [7, 11) is 1.46. The first-order chi connectivity index (χ1) is 10.1. The minimum atomic E-state index is -0.343. The summed E-state index contributed by atoms with van der Waals surface area (Å²) in [5.41, 5.74) is 4.21. The first-order valence-electron chi connectivity index (χ1n) is 7.12. The molecule has 0 radical (unpaired) electrons. The molecule has 5 heteroatoms. The second-order valence-corrected chi connectivity index (χ2v) is 5.06. The topological polar surface area (TPSA) is 39.1 Å². The zero-order valence-electron chi connectivity index (χ0n) is 13.0. The van der Waals surface area contributed by atoms with Crippen molar-refractivity contribution in [2.45, 2.75) is 33.9 Å². The van der Waals surface area contributed by atoms with Crippen LogP contribution in [0, 0.1) is 19.7 Å². The Morgan fingerprint density at radius 3 is 2.71 bits per heavy atom. The van der Waals surface area contributed by atoms with Crippen molar-refractivity contribution in [1.29, 1.82) is 0 Å². The first-order valence-corrected chi connectivity index (χ1v) is 7.12. The van der Waals surface area contributed by atoms with E-state index in [1.165, 1.54) is 18.7 Å². The van der Waals surface area contributed by atoms with Gasteiger partial charge in [0.15, 0.2) is 11.6 Å². The van der Waals surface area contributed by atoms with Crippen LogP contribution in [-0.4, -0.2) is 23.4 Å². The van der Waals surface area contributed by atoms with Gasteiger partial charge in [0.1, 0.15) is 0 Å². The summed E-state index contributed by atoms with van der Waals surface area (Å²) in [5.74, 6) is -0.0793. The minimum absolute atomic E-state index is 0.264. The number of methoxy groups -OCH3 is 1. The molecule has 0 bridgehead atoms. The van der Waals surface area contributed by atoms with Crippen molar-refractivity contribution in [3.8, 4) is 5.75 Å². The standard InChI is InChI=1S/C16H22FN3O/c1-5-18-9-14-11(2)19-20(12(14)3)10-13-6-7-16(21-4)15(17)8-13/h6-8,18H,5,9-10H2,1-4H3. The zero-order chi connectivity index (χ0) is 15.4. The molecule has 0 aliphatic rings. The summed E-state index contributed by atoms with van der Waals surface area (Å²) in [6.45, 7) is 8.42. The summed E-state index contributed by atoms with van der Waals surface area (Å²) in [6, 6.07) is 5.01. The van der Waals surface area contributed by atoms with Crippen LogP contribution in [0.3, 0.4) is 0 Å². The van der Waals surface area contributed by atoms with E-state index >= 15 is 0 Å². The Labute approximate surface area is 124 Å². The van der Waals surface area contributed by atoms with Crippen molar-refractivity contribution in [3.63, 3.8) is 0 Å². The van der Waals surface area contributed by atoms with Crippen LogP contribution in [-0.2, 0) is 13.1 Å². The molecule has 0 fully saturated rings. The largest absolute Gasteiger partial charge is 0.494 e. The molecule has 0 aliphatic heterocycles. The summed E-state index contributed by atoms with van der Waals surface area (Å²) in [5, 5.41) is 7.87. The van der Waals surface area contributed by atoms with Gasteiger partial charge in [0, 0.05) is 17.8 Å². The van der Waals surface area contributed by atoms with E-state index in [4.69, 9.17) is 4.74 Å². The Morgan fingerprint density at radius 1 is 1.33 bits per heavy atom. The number of halogens is 1. The maximum atomic E-state index is 13.7. The molecule has 21 heavy (non-hydrogen) atoms. The first kappa shape index (κ1) is 15.5. The molecule has 0 saturated heterocycles. The van der Waals surface area contributed by atoms with Crippen LogP contribution in [0.25, 0.3) is 0 Å². The van der Waals surface area contributed by atoms with Crippen molar-refractivity contribution in [1.82, 2.24) is 15.1 Å². The highest BCUT2D eigenvalue weighted by Gasteiger charge is 2.12. The minimum Gasteiger partial charge on any atom is -0.494 e. The average Bonchev–Trinajstić information content (AvgIpc) is 2.72. The third-order valence-corrected chi connectivity index (χ3v) is 3.63. The van der Waals surface area contributed by atoms with Crippen molar-refractivity contribution in [3.05, 3.63) is 46.5 Å². The molecule has 0 atom stereocenters. The molecule has 0 aliphatic carbocycles. The van der Waals surface area contributed by atoms with Gasteiger partial charge in [-0.2, -0.15) is 5.10 Å². The van der Waals surface area contributed by atoms with Crippen LogP contribution in [0.2, 0.25) is 0 Å². The van der Waals surface area contributed by atoms with Crippen LogP contribution < -0.4 is 10.1 Å². The third-order valence-electron chi connectivity index (χ3n) is 3.63. The number of aromatic nitrogens is 2. The molecule has 0 saturated carbocycles. The van der Waals surface area contributed by atoms with Gasteiger partial charge in [0.25, 0.3) is 0 Å². The number of nitrogens with one attached hydrogen (secondary N) is 1. The summed E-state index contributed by atoms with van der Waals surface area (Å²) >= 11 is 0. The number of ether oxygens (including phenoxy) is 1. The number of aryl methyl sites for hydroxylation is 1. The van der Waals surface area contributed by atoms with Crippen molar-refractivity contribution in [2.75, 3.05) is 13.7 Å². The van der Waals surface area contributed by atoms with Crippen molar-refractivity contribution in [2.24, 2.45) is 0 Å². The lowest BCUT2D eigenvalue weighted by molar-refractivity contribution is 0.386. The number of hydrogen-bond acceptors (Lipinski definition) is 3. The second-order valence-electron chi connectivity index (χ2n) is 5.06. The molecule has 1 heterocycles. The van der Waals surface area contributed by atoms with Crippen LogP contribution in [0.15, 0.2) is 18.2 Å². The quantitative estimate of drug-likeness (QED) is 0.889. The van der Waals surface area contributed by atoms with E-state index in [9.17, 15) is 4.39 Å². The fraction of sp³-hybridized carbons (Fsp3) is 0.438. The molecule has 1 aromatic carbocycles. The third kappa shape index (κ3) is 3.42. The smallest absolute Gasteiger partial charge is 0.165 e. The molecule has 114 valence electrons. The Kier molecular flexibility index (Phi) is 4.96. The highest BCUT2D eigenvalue weighted by molar-refractivity contribution is 5.30. The van der Waals surface area contributed by atoms with Gasteiger partial charge in [-0.15, -0.1) is 0 Å². The Morgan fingerprint density at radius 2 is 2.10 bits per heavy atom. The van der Waals surface area contributed by atoms with E-state index in [0.717, 1.165) is 30.0 Å². The Balaban J connectivity index is 2.21. The maximum absolute atomic E-state index is 13.7. The lowest BCUT2D eigenvalue weighted by atomic mass is 10.2. The van der Waals surface area contributed by atoms with Gasteiger partial charge in [-0.05, 0) is 38.1 Å². The average molecular weight is 291 g/mol. The van der Waals surface area contributed by atoms with Gasteiger partial charge in [0.2, 0.25) is 0 Å². The van der Waals surface area contributed by atoms with E-state index < -0.39 is 0 Å². The predicted molar refractivity (Wildman–Crippen MR) is 81.1 cm³/mol. The molecule has 4 nitrogen and oxygen atoms in total. The molecule has 0 amide bonds. The zero-order valence-corrected chi connectivity index (χ0v) is 13.0. The number of nitrogens with zero attached hydrogens (tertiary/aromatic N) is 2. The number of benzene rings is 1. The highest BCUT2D eigenvalue weighted by atomic mass is 19.1. The van der Waals surface area contributed by atoms with E-state index in [1.807, 2.05) is 24.6 Å². The van der Waals surface area contributed by atoms with Gasteiger partial charge in [0.05, 0.1) is 19.3 Å². The van der Waals surface area contributed by atoms with Crippen molar-refractivity contribution < 1.29 is 9.13 Å². The molecule has 0 unspecified atom stereocenters. The molecule has 2 rings (SSSR count). The highest BCUT2D eigenvalue weighted by Crippen LogP contribution is 2.20. The lowest BCUT2D eigenvalue weighted by Crippen LogP contribution is -2.13. The SMILES string of the molecule is CCNCc1c(C)nn(Cc2ccc(OC)c(F)c2)c1C. The maximum Gasteiger partial charge on any atom is 0.165 e. The van der Waals surface area contributed by atoms with E-state index in [-0.39, 0.29) is 11.6 Å². The van der Waals surface area contributed by atoms with E-state index in [0.29, 0.717) is 6.54 Å². The Hall–Kier alpha value is -1.88. The van der Waals surface area contributed by atoms with Crippen LogP contribution in [0.4, 0.5) is 4.39 Å². The summed E-state index contributed by atoms with van der Waals surface area (Å²) in [6.07, 6.45) is 0. The molecule has 0 spiro atoms. The molecule has 1 N–H and O–H groups in total.